The number of unbranched alkanes of at least 4 members (excludes halogenated alkanes) is 7. The van der Waals surface area contributed by atoms with E-state index in [9.17, 15) is 78.3 Å². The maximum atomic E-state index is 14.4. The minimum Gasteiger partial charge on any atom is -0.479 e. The largest absolute Gasteiger partial charge is 0.479 e. The van der Waals surface area contributed by atoms with Crippen LogP contribution in [0, 0.1) is 0 Å². The fraction of sp³-hybridized carbons (Fsp3) is 0.636. The number of nitrogens with two attached hydrogens (primary N) is 4. The number of hydrogen-bond acceptors (Lipinski definition) is 19. The van der Waals surface area contributed by atoms with E-state index in [1.807, 2.05) is 10.6 Å². The lowest BCUT2D eigenvalue weighted by molar-refractivity contribution is -0.155. The number of carbonyl (C=O) groups excluding carboxylic acids is 10. The van der Waals surface area contributed by atoms with Gasteiger partial charge in [0.25, 0.3) is 5.91 Å². The number of guanidine groups is 1. The van der Waals surface area contributed by atoms with E-state index in [4.69, 9.17) is 39.3 Å². The van der Waals surface area contributed by atoms with Gasteiger partial charge in [-0.1, -0.05) is 102 Å². The van der Waals surface area contributed by atoms with Crippen molar-refractivity contribution >= 4 is 82.7 Å². The Labute approximate surface area is 509 Å². The van der Waals surface area contributed by atoms with Crippen LogP contribution >= 0.6 is 11.6 Å². The molecule has 1 fully saturated rings. The molecule has 0 bridgehead atoms. The third-order valence-corrected chi connectivity index (χ3v) is 13.8. The number of carbonyl (C=O) groups is 11. The van der Waals surface area contributed by atoms with E-state index in [1.54, 1.807) is 30.3 Å². The summed E-state index contributed by atoms with van der Waals surface area (Å²) in [5, 5.41) is 73.6. The van der Waals surface area contributed by atoms with Crippen LogP contribution in [0.5, 0.6) is 0 Å². The smallest absolute Gasteiger partial charge is 0.335 e. The van der Waals surface area contributed by atoms with Crippen molar-refractivity contribution < 1.29 is 83.0 Å². The van der Waals surface area contributed by atoms with Gasteiger partial charge in [0.05, 0.1) is 31.1 Å². The third-order valence-electron chi connectivity index (χ3n) is 13.5. The Morgan fingerprint density at radius 2 is 1.23 bits per heavy atom. The van der Waals surface area contributed by atoms with Gasteiger partial charge in [0.1, 0.15) is 54.6 Å². The molecule has 0 aliphatic carbocycles. The second kappa shape index (κ2) is 41.5. The van der Waals surface area contributed by atoms with Crippen molar-refractivity contribution in [3.05, 3.63) is 47.7 Å². The highest BCUT2D eigenvalue weighted by atomic mass is 35.5. The lowest BCUT2D eigenvalue weighted by Gasteiger charge is -2.28. The van der Waals surface area contributed by atoms with Gasteiger partial charge in [-0.3, -0.25) is 48.1 Å². The molecule has 9 amide bonds. The molecule has 1 aliphatic rings. The monoisotopic (exact) mass is 1250 g/mol. The average molecular weight is 1250 g/mol. The highest BCUT2D eigenvalue weighted by Crippen LogP contribution is 2.14. The Kier molecular flexibility index (Phi) is 36.1. The van der Waals surface area contributed by atoms with Gasteiger partial charge >= 0.3 is 11.9 Å². The number of ether oxygens (including phenoxy) is 1. The fourth-order valence-corrected chi connectivity index (χ4v) is 8.88. The topological polar surface area (TPSA) is 523 Å². The number of rotatable bonds is 28. The van der Waals surface area contributed by atoms with Crippen LogP contribution in [0.15, 0.2) is 47.1 Å². The van der Waals surface area contributed by atoms with Gasteiger partial charge < -0.3 is 101 Å². The zero-order valence-corrected chi connectivity index (χ0v) is 49.9. The first-order chi connectivity index (χ1) is 41.4. The second-order valence-corrected chi connectivity index (χ2v) is 20.9. The van der Waals surface area contributed by atoms with Crippen LogP contribution < -0.4 is 70.8 Å². The van der Waals surface area contributed by atoms with Gasteiger partial charge in [-0.25, -0.2) is 9.59 Å². The molecule has 11 atom stereocenters. The van der Waals surface area contributed by atoms with Gasteiger partial charge in [0, 0.05) is 13.0 Å². The number of aliphatic carboxylic acids is 1. The lowest BCUT2D eigenvalue weighted by atomic mass is 10.0. The summed E-state index contributed by atoms with van der Waals surface area (Å²) in [6.45, 7) is 0.730. The molecule has 0 spiro atoms. The zero-order valence-electron chi connectivity index (χ0n) is 49.1. The van der Waals surface area contributed by atoms with Gasteiger partial charge in [-0.05, 0) is 57.2 Å². The number of hydrogen-bond donors (Lipinski definition) is 18. The van der Waals surface area contributed by atoms with E-state index in [0.717, 1.165) is 51.0 Å². The molecule has 1 aromatic rings. The molecular formula is C55H89ClN14O17. The summed E-state index contributed by atoms with van der Waals surface area (Å²) >= 11 is 5.91. The first-order valence-electron chi connectivity index (χ1n) is 29.0. The molecule has 1 aromatic carbocycles. The molecule has 22 N–H and O–H groups in total. The Hall–Kier alpha value is -7.55. The molecule has 1 saturated heterocycles. The Balaban J connectivity index is 2.82. The predicted octanol–water partition coefficient (Wildman–Crippen LogP) is -4.86. The second-order valence-electron chi connectivity index (χ2n) is 20.6. The number of esters is 1. The number of nitrogens with zero attached hydrogens (tertiary/aromatic N) is 1. The van der Waals surface area contributed by atoms with Crippen molar-refractivity contribution in [2.45, 2.75) is 183 Å². The van der Waals surface area contributed by atoms with Crippen LogP contribution in [-0.4, -0.2) is 202 Å². The summed E-state index contributed by atoms with van der Waals surface area (Å²) < 4.78 is 5.29. The van der Waals surface area contributed by atoms with Gasteiger partial charge in [-0.15, -0.1) is 11.6 Å². The number of benzene rings is 1. The van der Waals surface area contributed by atoms with Crippen molar-refractivity contribution in [1.29, 1.82) is 0 Å². The SMILES string of the molecule is CCC=C1NC(=O)C(Cc2ccccc2)NC(=O)C(CCCN=C(N)N)NC(=O)C(CCN)NC(=O)C(CCN)NC(=O)C(CO)NC(=O)C(NC(=O)CC(O)CCCCCCCCCC)COC(=O)C(C(O)CCl)NC(=O)C(C(O)C(=O)O)NC1=O. The summed E-state index contributed by atoms with van der Waals surface area (Å²) in [6, 6.07) is -6.91. The first kappa shape index (κ1) is 75.5. The number of carboxylic acid groups (broad SMARTS) is 1. The number of amides is 9. The minimum atomic E-state index is -2.81. The molecule has 0 aromatic heterocycles. The van der Waals surface area contributed by atoms with E-state index in [1.165, 1.54) is 6.92 Å². The summed E-state index contributed by atoms with van der Waals surface area (Å²) in [5.41, 5.74) is 22.5. The maximum Gasteiger partial charge on any atom is 0.335 e. The van der Waals surface area contributed by atoms with Crippen LogP contribution in [0.4, 0.5) is 0 Å². The van der Waals surface area contributed by atoms with Crippen molar-refractivity contribution in [2.75, 3.05) is 38.7 Å². The fourth-order valence-electron chi connectivity index (χ4n) is 8.70. The molecule has 1 aliphatic heterocycles. The molecule has 87 heavy (non-hydrogen) atoms. The zero-order chi connectivity index (χ0) is 65.0. The average Bonchev–Trinajstić information content (AvgIpc) is 3.54. The quantitative estimate of drug-likeness (QED) is 0.00934. The van der Waals surface area contributed by atoms with Gasteiger partial charge in [-0.2, -0.15) is 0 Å². The van der Waals surface area contributed by atoms with Crippen LogP contribution in [0.25, 0.3) is 0 Å². The predicted molar refractivity (Wildman–Crippen MR) is 316 cm³/mol. The first-order valence-corrected chi connectivity index (χ1v) is 29.5. The molecule has 0 radical (unpaired) electrons. The Morgan fingerprint density at radius 3 is 1.76 bits per heavy atom. The minimum absolute atomic E-state index is 0.0172. The number of carboxylic acids is 1. The van der Waals surface area contributed by atoms with E-state index >= 15 is 0 Å². The van der Waals surface area contributed by atoms with E-state index in [0.29, 0.717) is 12.0 Å². The number of halogens is 1. The van der Waals surface area contributed by atoms with E-state index in [2.05, 4.69) is 49.1 Å². The molecule has 11 unspecified atom stereocenters. The van der Waals surface area contributed by atoms with Crippen LogP contribution in [-0.2, 0) is 63.9 Å². The van der Waals surface area contributed by atoms with Crippen LogP contribution in [0.2, 0.25) is 0 Å². The van der Waals surface area contributed by atoms with Gasteiger partial charge in [0.2, 0.25) is 47.3 Å². The highest BCUT2D eigenvalue weighted by Gasteiger charge is 2.40. The van der Waals surface area contributed by atoms with Crippen molar-refractivity contribution in [3.8, 4) is 0 Å². The molecule has 32 heteroatoms. The molecule has 0 saturated carbocycles. The van der Waals surface area contributed by atoms with E-state index < -0.39 is 163 Å². The van der Waals surface area contributed by atoms with Crippen molar-refractivity contribution in [3.63, 3.8) is 0 Å². The standard InChI is InChI=1S/C55H89ClN14O17/c1-3-5-6-7-8-9-10-14-19-32(72)27-41(74)62-39-30-87-54(86)42(40(73)28-56)69-52(83)43(44(75)53(84)85)70-48(79)33(16-4-2)63-49(80)37(26-31-17-12-11-13-18-31)67-45(76)34(20-15-25-61-55(59)60)64-46(77)35(21-23-57)65-47(78)36(22-24-58)66-50(81)38(29-71)68-51(39)82/h11-13,16-18,32,34-40,42-44,71-73,75H,3-10,14-15,19-30,57-58H2,1-2H3,(H,62,74)(H,63,80)(H,64,77)(H,65,78)(H,66,81)(H,67,76)(H,68,82)(H,69,83)(H,70,79)(H,84,85)(H4,59,60,61). The van der Waals surface area contributed by atoms with Crippen LogP contribution in [0.1, 0.15) is 116 Å². The van der Waals surface area contributed by atoms with E-state index in [-0.39, 0.29) is 70.5 Å². The summed E-state index contributed by atoms with van der Waals surface area (Å²) in [5.74, 6) is -15.5. The van der Waals surface area contributed by atoms with Crippen molar-refractivity contribution in [2.24, 2.45) is 27.9 Å². The summed E-state index contributed by atoms with van der Waals surface area (Å²) in [6.07, 6.45) is 1.14. The van der Waals surface area contributed by atoms with Crippen LogP contribution in [0.3, 0.4) is 0 Å². The Morgan fingerprint density at radius 1 is 0.690 bits per heavy atom. The number of alkyl halides is 1. The lowest BCUT2D eigenvalue weighted by Crippen LogP contribution is -2.62. The number of cyclic esters (lactones) is 1. The summed E-state index contributed by atoms with van der Waals surface area (Å²) in [7, 11) is 0. The summed E-state index contributed by atoms with van der Waals surface area (Å²) in [4.78, 5) is 156. The number of allylic oxidation sites excluding steroid dienone is 1. The number of nitrogens with one attached hydrogen (secondary N) is 9. The number of aliphatic imine (C=N–C) groups is 1. The number of aliphatic hydroxyl groups is 4. The maximum absolute atomic E-state index is 14.4. The highest BCUT2D eigenvalue weighted by molar-refractivity contribution is 6.18. The number of aliphatic hydroxyl groups excluding tert-OH is 4. The normalized spacial score (nSPS) is 23.5. The Bertz CT molecular complexity index is 2480. The molecule has 2 rings (SSSR count). The molecule has 488 valence electrons. The van der Waals surface area contributed by atoms with Gasteiger partial charge in [0.15, 0.2) is 18.1 Å². The molecule has 31 nitrogen and oxygen atoms in total. The third kappa shape index (κ3) is 28.2. The molecule has 1 heterocycles. The molecular weight excluding hydrogens is 1160 g/mol. The van der Waals surface area contributed by atoms with Crippen molar-refractivity contribution in [1.82, 2.24) is 47.9 Å².